The molecule has 2 N–H and O–H groups in total. The summed E-state index contributed by atoms with van der Waals surface area (Å²) in [4.78, 5) is 23.6. The summed E-state index contributed by atoms with van der Waals surface area (Å²) < 4.78 is 10.7. The molecule has 0 unspecified atom stereocenters. The fourth-order valence-corrected chi connectivity index (χ4v) is 2.13. The molecular formula is C17H22N2O4. The van der Waals surface area contributed by atoms with Crippen molar-refractivity contribution in [2.75, 3.05) is 13.1 Å². The maximum absolute atomic E-state index is 12.2. The number of nitrogens with one attached hydrogen (secondary N) is 2. The van der Waals surface area contributed by atoms with Crippen molar-refractivity contribution in [2.24, 2.45) is 0 Å². The molecule has 124 valence electrons. The van der Waals surface area contributed by atoms with E-state index in [9.17, 15) is 9.59 Å². The maximum atomic E-state index is 12.2. The highest BCUT2D eigenvalue weighted by atomic mass is 16.6. The van der Waals surface area contributed by atoms with Gasteiger partial charge in [0.15, 0.2) is 5.76 Å². The van der Waals surface area contributed by atoms with E-state index < -0.39 is 11.7 Å². The van der Waals surface area contributed by atoms with Gasteiger partial charge in [-0.05, 0) is 33.8 Å². The molecule has 0 saturated carbocycles. The number of amides is 2. The van der Waals surface area contributed by atoms with Crippen LogP contribution in [0.1, 0.15) is 36.9 Å². The predicted octanol–water partition coefficient (Wildman–Crippen LogP) is 3.00. The fraction of sp³-hybridized carbons (Fsp3) is 0.412. The Morgan fingerprint density at radius 1 is 1.13 bits per heavy atom. The Labute approximate surface area is 135 Å². The van der Waals surface area contributed by atoms with Gasteiger partial charge in [0.2, 0.25) is 0 Å². The number of rotatable bonds is 4. The summed E-state index contributed by atoms with van der Waals surface area (Å²) in [5.41, 5.74) is 0.943. The number of carbonyl (C=O) groups excluding carboxylic acids is 2. The number of alkyl carbamates (subject to hydrolysis) is 1. The van der Waals surface area contributed by atoms with Crippen LogP contribution in [0.3, 0.4) is 0 Å². The largest absolute Gasteiger partial charge is 0.451 e. The summed E-state index contributed by atoms with van der Waals surface area (Å²) in [6, 6.07) is 7.49. The van der Waals surface area contributed by atoms with E-state index in [1.807, 2.05) is 31.2 Å². The van der Waals surface area contributed by atoms with Gasteiger partial charge in [-0.15, -0.1) is 0 Å². The fourth-order valence-electron chi connectivity index (χ4n) is 2.13. The van der Waals surface area contributed by atoms with Gasteiger partial charge in [-0.1, -0.05) is 18.2 Å². The lowest BCUT2D eigenvalue weighted by molar-refractivity contribution is 0.0526. The van der Waals surface area contributed by atoms with E-state index in [0.717, 1.165) is 10.9 Å². The molecule has 2 rings (SSSR count). The van der Waals surface area contributed by atoms with Gasteiger partial charge in [-0.25, -0.2) is 4.79 Å². The maximum Gasteiger partial charge on any atom is 0.407 e. The van der Waals surface area contributed by atoms with Crippen molar-refractivity contribution >= 4 is 23.0 Å². The van der Waals surface area contributed by atoms with Crippen LogP contribution >= 0.6 is 0 Å². The van der Waals surface area contributed by atoms with Crippen molar-refractivity contribution in [3.05, 3.63) is 35.6 Å². The number of carbonyl (C=O) groups is 2. The summed E-state index contributed by atoms with van der Waals surface area (Å²) in [6.45, 7) is 7.78. The molecule has 0 spiro atoms. The van der Waals surface area contributed by atoms with Gasteiger partial charge in [0, 0.05) is 24.0 Å². The number of para-hydroxylation sites is 1. The van der Waals surface area contributed by atoms with Crippen LogP contribution in [0.25, 0.3) is 11.0 Å². The average molecular weight is 318 g/mol. The van der Waals surface area contributed by atoms with E-state index in [2.05, 4.69) is 10.6 Å². The van der Waals surface area contributed by atoms with Gasteiger partial charge in [-0.3, -0.25) is 4.79 Å². The summed E-state index contributed by atoms with van der Waals surface area (Å²) in [5.74, 6) is -0.00634. The molecule has 2 amide bonds. The predicted molar refractivity (Wildman–Crippen MR) is 87.5 cm³/mol. The van der Waals surface area contributed by atoms with Crippen LogP contribution < -0.4 is 10.6 Å². The summed E-state index contributed by atoms with van der Waals surface area (Å²) in [6.07, 6.45) is -0.508. The smallest absolute Gasteiger partial charge is 0.407 e. The summed E-state index contributed by atoms with van der Waals surface area (Å²) in [5, 5.41) is 6.22. The molecule has 1 aromatic heterocycles. The first-order valence-corrected chi connectivity index (χ1v) is 7.51. The van der Waals surface area contributed by atoms with E-state index in [0.29, 0.717) is 11.3 Å². The van der Waals surface area contributed by atoms with Gasteiger partial charge in [0.25, 0.3) is 5.91 Å². The Morgan fingerprint density at radius 2 is 1.78 bits per heavy atom. The number of benzene rings is 1. The molecular weight excluding hydrogens is 296 g/mol. The molecule has 6 nitrogen and oxygen atoms in total. The lowest BCUT2D eigenvalue weighted by atomic mass is 10.1. The van der Waals surface area contributed by atoms with Crippen LogP contribution in [0.15, 0.2) is 28.7 Å². The van der Waals surface area contributed by atoms with E-state index in [1.54, 1.807) is 20.8 Å². The van der Waals surface area contributed by atoms with Crippen molar-refractivity contribution in [2.45, 2.75) is 33.3 Å². The molecule has 1 heterocycles. The molecule has 0 fully saturated rings. The third-order valence-electron chi connectivity index (χ3n) is 3.13. The number of fused-ring (bicyclic) bond motifs is 1. The van der Waals surface area contributed by atoms with E-state index >= 15 is 0 Å². The lowest BCUT2D eigenvalue weighted by Gasteiger charge is -2.19. The zero-order valence-corrected chi connectivity index (χ0v) is 13.9. The molecule has 6 heteroatoms. The summed E-state index contributed by atoms with van der Waals surface area (Å²) in [7, 11) is 0. The monoisotopic (exact) mass is 318 g/mol. The number of hydrogen-bond acceptors (Lipinski definition) is 4. The zero-order valence-electron chi connectivity index (χ0n) is 13.9. The average Bonchev–Trinajstić information content (AvgIpc) is 2.79. The molecule has 0 aliphatic rings. The van der Waals surface area contributed by atoms with Gasteiger partial charge in [0.05, 0.1) is 0 Å². The first-order valence-electron chi connectivity index (χ1n) is 7.51. The van der Waals surface area contributed by atoms with Gasteiger partial charge >= 0.3 is 6.09 Å². The second-order valence-electron chi connectivity index (χ2n) is 6.24. The molecule has 0 bridgehead atoms. The zero-order chi connectivity index (χ0) is 17.0. The molecule has 2 aromatic rings. The topological polar surface area (TPSA) is 80.6 Å². The molecule has 0 atom stereocenters. The summed E-state index contributed by atoms with van der Waals surface area (Å²) >= 11 is 0. The van der Waals surface area contributed by atoms with Crippen molar-refractivity contribution < 1.29 is 18.7 Å². The number of furan rings is 1. The van der Waals surface area contributed by atoms with Gasteiger partial charge < -0.3 is 19.8 Å². The third kappa shape index (κ3) is 4.48. The normalized spacial score (nSPS) is 11.3. The second-order valence-corrected chi connectivity index (χ2v) is 6.24. The van der Waals surface area contributed by atoms with Gasteiger partial charge in [0.1, 0.15) is 11.2 Å². The lowest BCUT2D eigenvalue weighted by Crippen LogP contribution is -2.37. The standard InChI is InChI=1S/C17H22N2O4/c1-11-12-7-5-6-8-13(12)22-14(11)15(20)18-9-10-19-16(21)23-17(2,3)4/h5-8H,9-10H2,1-4H3,(H,18,20)(H,19,21). The highest BCUT2D eigenvalue weighted by Gasteiger charge is 2.18. The quantitative estimate of drug-likeness (QED) is 0.849. The Kier molecular flexibility index (Phi) is 4.93. The number of hydrogen-bond donors (Lipinski definition) is 2. The molecule has 23 heavy (non-hydrogen) atoms. The molecule has 1 aromatic carbocycles. The Hall–Kier alpha value is -2.50. The third-order valence-corrected chi connectivity index (χ3v) is 3.13. The van der Waals surface area contributed by atoms with E-state index in [1.165, 1.54) is 0 Å². The van der Waals surface area contributed by atoms with Crippen LogP contribution in [0.4, 0.5) is 4.79 Å². The van der Waals surface area contributed by atoms with Crippen LogP contribution in [0.2, 0.25) is 0 Å². The number of aryl methyl sites for hydroxylation is 1. The second kappa shape index (κ2) is 6.73. The Bertz CT molecular complexity index is 713. The van der Waals surface area contributed by atoms with Crippen molar-refractivity contribution in [3.8, 4) is 0 Å². The molecule has 0 aliphatic carbocycles. The molecule has 0 radical (unpaired) electrons. The van der Waals surface area contributed by atoms with Crippen molar-refractivity contribution in [1.29, 1.82) is 0 Å². The molecule has 0 saturated heterocycles. The van der Waals surface area contributed by atoms with Gasteiger partial charge in [-0.2, -0.15) is 0 Å². The minimum atomic E-state index is -0.543. The van der Waals surface area contributed by atoms with Crippen molar-refractivity contribution in [1.82, 2.24) is 10.6 Å². The first kappa shape index (κ1) is 16.9. The van der Waals surface area contributed by atoms with Crippen LogP contribution in [-0.4, -0.2) is 30.7 Å². The molecule has 0 aliphatic heterocycles. The highest BCUT2D eigenvalue weighted by Crippen LogP contribution is 2.24. The van der Waals surface area contributed by atoms with E-state index in [-0.39, 0.29) is 19.0 Å². The minimum Gasteiger partial charge on any atom is -0.451 e. The number of ether oxygens (including phenoxy) is 1. The first-order chi connectivity index (χ1) is 10.8. The van der Waals surface area contributed by atoms with E-state index in [4.69, 9.17) is 9.15 Å². The SMILES string of the molecule is Cc1c(C(=O)NCCNC(=O)OC(C)(C)C)oc2ccccc12. The van der Waals surface area contributed by atoms with Crippen LogP contribution in [-0.2, 0) is 4.74 Å². The van der Waals surface area contributed by atoms with Crippen molar-refractivity contribution in [3.63, 3.8) is 0 Å². The minimum absolute atomic E-state index is 0.278. The van der Waals surface area contributed by atoms with Crippen LogP contribution in [0, 0.1) is 6.92 Å². The Balaban J connectivity index is 1.85. The highest BCUT2D eigenvalue weighted by molar-refractivity contribution is 5.98. The van der Waals surface area contributed by atoms with Crippen LogP contribution in [0.5, 0.6) is 0 Å². The Morgan fingerprint density at radius 3 is 2.43 bits per heavy atom.